The Balaban J connectivity index is 1.60. The lowest BCUT2D eigenvalue weighted by Gasteiger charge is -2.16. The highest BCUT2D eigenvalue weighted by atomic mass is 35.5. The van der Waals surface area contributed by atoms with E-state index in [9.17, 15) is 26.7 Å². The van der Waals surface area contributed by atoms with Gasteiger partial charge in [-0.1, -0.05) is 11.6 Å². The molecule has 0 fully saturated rings. The van der Waals surface area contributed by atoms with Crippen LogP contribution in [0.25, 0.3) is 11.3 Å². The van der Waals surface area contributed by atoms with Crippen molar-refractivity contribution >= 4 is 23.3 Å². The second-order valence-electron chi connectivity index (χ2n) is 6.23. The largest absolute Gasteiger partial charge is 0.586 e. The van der Waals surface area contributed by atoms with Gasteiger partial charge in [-0.3, -0.25) is 19.8 Å². The summed E-state index contributed by atoms with van der Waals surface area (Å²) in [6.45, 7) is 0. The standard InChI is InChI=1S/C17H9ClF5N5O3/c1-28(15(29)8-4-26-27-14(8)16(19,20)21)13-6-24-10(5-25-13)7-2-11-12(3-9(7)18)31-17(22,23)30-11/h2-6H,1H3,(H,26,27). The molecule has 162 valence electrons. The topological polar surface area (TPSA) is 93.2 Å². The number of halogens is 6. The van der Waals surface area contributed by atoms with Crippen LogP contribution in [0.4, 0.5) is 27.8 Å². The van der Waals surface area contributed by atoms with E-state index in [2.05, 4.69) is 24.5 Å². The van der Waals surface area contributed by atoms with Gasteiger partial charge in [0, 0.05) is 18.7 Å². The summed E-state index contributed by atoms with van der Waals surface area (Å²) >= 11 is 6.09. The molecule has 1 aliphatic rings. The van der Waals surface area contributed by atoms with Gasteiger partial charge in [0.1, 0.15) is 0 Å². The molecule has 0 spiro atoms. The van der Waals surface area contributed by atoms with E-state index in [0.29, 0.717) is 0 Å². The highest BCUT2D eigenvalue weighted by Gasteiger charge is 2.44. The number of H-pyrrole nitrogens is 1. The predicted molar refractivity (Wildman–Crippen MR) is 95.0 cm³/mol. The molecule has 4 rings (SSSR count). The third-order valence-electron chi connectivity index (χ3n) is 4.21. The monoisotopic (exact) mass is 461 g/mol. The van der Waals surface area contributed by atoms with E-state index in [1.54, 1.807) is 5.10 Å². The van der Waals surface area contributed by atoms with Crippen molar-refractivity contribution in [2.45, 2.75) is 12.5 Å². The number of carbonyl (C=O) groups excluding carboxylic acids is 1. The molecule has 1 aromatic carbocycles. The number of hydrogen-bond donors (Lipinski definition) is 1. The number of anilines is 1. The molecule has 0 saturated heterocycles. The first-order chi connectivity index (χ1) is 14.5. The summed E-state index contributed by atoms with van der Waals surface area (Å²) in [7, 11) is 1.20. The number of nitrogens with zero attached hydrogens (tertiary/aromatic N) is 4. The second-order valence-corrected chi connectivity index (χ2v) is 6.63. The summed E-state index contributed by atoms with van der Waals surface area (Å²) in [4.78, 5) is 21.3. The molecule has 31 heavy (non-hydrogen) atoms. The Hall–Kier alpha value is -3.48. The van der Waals surface area contributed by atoms with E-state index in [1.807, 2.05) is 0 Å². The molecule has 8 nitrogen and oxygen atoms in total. The van der Waals surface area contributed by atoms with Crippen LogP contribution in [0, 0.1) is 0 Å². The van der Waals surface area contributed by atoms with E-state index < -0.39 is 29.6 Å². The highest BCUT2D eigenvalue weighted by molar-refractivity contribution is 6.33. The minimum Gasteiger partial charge on any atom is -0.395 e. The zero-order valence-electron chi connectivity index (χ0n) is 15.2. The van der Waals surface area contributed by atoms with Gasteiger partial charge in [0.2, 0.25) is 0 Å². The first kappa shape index (κ1) is 20.8. The van der Waals surface area contributed by atoms with Gasteiger partial charge in [0.05, 0.1) is 34.9 Å². The Kier molecular flexibility index (Phi) is 4.72. The molecule has 0 atom stereocenters. The average molecular weight is 462 g/mol. The van der Waals surface area contributed by atoms with Crippen LogP contribution in [0.5, 0.6) is 11.5 Å². The van der Waals surface area contributed by atoms with Crippen LogP contribution in [-0.2, 0) is 6.18 Å². The molecular formula is C17H9ClF5N5O3. The fourth-order valence-electron chi connectivity index (χ4n) is 2.75. The summed E-state index contributed by atoms with van der Waals surface area (Å²) in [5.74, 6) is -1.62. The number of ether oxygens (including phenoxy) is 2. The summed E-state index contributed by atoms with van der Waals surface area (Å²) < 4.78 is 74.0. The number of amides is 1. The van der Waals surface area contributed by atoms with Gasteiger partial charge in [-0.2, -0.15) is 18.3 Å². The molecule has 3 aromatic rings. The van der Waals surface area contributed by atoms with Gasteiger partial charge in [0.25, 0.3) is 5.91 Å². The van der Waals surface area contributed by atoms with Gasteiger partial charge in [0.15, 0.2) is 23.0 Å². The quantitative estimate of drug-likeness (QED) is 0.589. The molecule has 14 heteroatoms. The molecule has 0 unspecified atom stereocenters. The van der Waals surface area contributed by atoms with Gasteiger partial charge in [-0.15, -0.1) is 8.78 Å². The van der Waals surface area contributed by atoms with Crippen LogP contribution in [0.15, 0.2) is 30.7 Å². The van der Waals surface area contributed by atoms with Crippen LogP contribution in [-0.4, -0.2) is 39.4 Å². The molecule has 1 amide bonds. The van der Waals surface area contributed by atoms with Crippen molar-refractivity contribution in [1.82, 2.24) is 20.2 Å². The minimum atomic E-state index is -4.80. The Morgan fingerprint density at radius 2 is 1.81 bits per heavy atom. The van der Waals surface area contributed by atoms with Crippen LogP contribution in [0.2, 0.25) is 5.02 Å². The first-order valence-electron chi connectivity index (χ1n) is 8.27. The van der Waals surface area contributed by atoms with Gasteiger partial charge in [-0.25, -0.2) is 4.98 Å². The number of aromatic nitrogens is 4. The summed E-state index contributed by atoms with van der Waals surface area (Å²) in [6.07, 6.45) is -5.60. The van der Waals surface area contributed by atoms with Crippen LogP contribution >= 0.6 is 11.6 Å². The normalized spacial score (nSPS) is 14.5. The lowest BCUT2D eigenvalue weighted by Crippen LogP contribution is -2.29. The zero-order chi connectivity index (χ0) is 22.6. The van der Waals surface area contributed by atoms with Gasteiger partial charge >= 0.3 is 12.5 Å². The number of benzene rings is 1. The van der Waals surface area contributed by atoms with E-state index in [4.69, 9.17) is 11.6 Å². The SMILES string of the molecule is CN(C(=O)c1cn[nH]c1C(F)(F)F)c1cnc(-c2cc3c(cc2Cl)OC(F)(F)O3)cn1. The molecule has 1 N–H and O–H groups in total. The van der Waals surface area contributed by atoms with E-state index in [1.165, 1.54) is 19.3 Å². The van der Waals surface area contributed by atoms with E-state index >= 15 is 0 Å². The lowest BCUT2D eigenvalue weighted by molar-refractivity contribution is -0.286. The van der Waals surface area contributed by atoms with Crippen molar-refractivity contribution in [2.24, 2.45) is 0 Å². The van der Waals surface area contributed by atoms with Crippen molar-refractivity contribution in [3.8, 4) is 22.8 Å². The number of hydrogen-bond acceptors (Lipinski definition) is 6. The van der Waals surface area contributed by atoms with Crippen molar-refractivity contribution in [3.05, 3.63) is 47.0 Å². The van der Waals surface area contributed by atoms with Crippen LogP contribution < -0.4 is 14.4 Å². The first-order valence-corrected chi connectivity index (χ1v) is 8.64. The maximum Gasteiger partial charge on any atom is 0.586 e. The third kappa shape index (κ3) is 3.83. The van der Waals surface area contributed by atoms with Crippen molar-refractivity contribution in [3.63, 3.8) is 0 Å². The summed E-state index contributed by atoms with van der Waals surface area (Å²) in [5.41, 5.74) is -1.67. The molecule has 1 aliphatic heterocycles. The molecule has 0 radical (unpaired) electrons. The number of aromatic amines is 1. The fraction of sp³-hybridized carbons (Fsp3) is 0.176. The summed E-state index contributed by atoms with van der Waals surface area (Å²) in [6, 6.07) is 2.30. The van der Waals surface area contributed by atoms with Crippen molar-refractivity contribution < 1.29 is 36.2 Å². The number of fused-ring (bicyclic) bond motifs is 1. The Morgan fingerprint density at radius 3 is 2.42 bits per heavy atom. The van der Waals surface area contributed by atoms with Crippen LogP contribution in [0.3, 0.4) is 0 Å². The molecule has 0 saturated carbocycles. The predicted octanol–water partition coefficient (Wildman–Crippen LogP) is 4.14. The van der Waals surface area contributed by atoms with Crippen molar-refractivity contribution in [1.29, 1.82) is 0 Å². The van der Waals surface area contributed by atoms with Crippen LogP contribution in [0.1, 0.15) is 16.1 Å². The molecule has 0 aliphatic carbocycles. The molecular weight excluding hydrogens is 453 g/mol. The smallest absolute Gasteiger partial charge is 0.395 e. The number of rotatable bonds is 3. The Bertz CT molecular complexity index is 1170. The molecule has 0 bridgehead atoms. The minimum absolute atomic E-state index is 0.0137. The average Bonchev–Trinajstić information content (AvgIpc) is 3.29. The summed E-state index contributed by atoms with van der Waals surface area (Å²) in [5, 5.41) is 5.03. The van der Waals surface area contributed by atoms with Gasteiger partial charge in [-0.05, 0) is 6.07 Å². The fourth-order valence-corrected chi connectivity index (χ4v) is 3.00. The Labute approximate surface area is 174 Å². The molecule has 3 heterocycles. The van der Waals surface area contributed by atoms with Crippen molar-refractivity contribution in [2.75, 3.05) is 11.9 Å². The van der Waals surface area contributed by atoms with Gasteiger partial charge < -0.3 is 9.47 Å². The van der Waals surface area contributed by atoms with E-state index in [-0.39, 0.29) is 33.6 Å². The lowest BCUT2D eigenvalue weighted by atomic mass is 10.1. The Morgan fingerprint density at radius 1 is 1.13 bits per heavy atom. The van der Waals surface area contributed by atoms with E-state index in [0.717, 1.165) is 23.4 Å². The highest BCUT2D eigenvalue weighted by Crippen LogP contribution is 2.45. The number of carbonyl (C=O) groups is 1. The number of alkyl halides is 5. The number of nitrogens with one attached hydrogen (secondary N) is 1. The third-order valence-corrected chi connectivity index (χ3v) is 4.52. The maximum atomic E-state index is 13.2. The zero-order valence-corrected chi connectivity index (χ0v) is 15.9. The maximum absolute atomic E-state index is 13.2. The second kappa shape index (κ2) is 7.04. The molecule has 2 aromatic heterocycles.